The smallest absolute Gasteiger partial charge is 0.0617 e. The number of benzene rings is 2. The molecule has 43 heavy (non-hydrogen) atoms. The van der Waals surface area contributed by atoms with Crippen molar-refractivity contribution in [3.05, 3.63) is 75.9 Å². The molecule has 1 nitrogen and oxygen atoms in total. The number of fused-ring (bicyclic) bond motifs is 10. The second-order valence-corrected chi connectivity index (χ2v) is 16.1. The molecule has 3 fully saturated rings. The molecule has 6 aliphatic rings. The molecule has 3 saturated carbocycles. The third-order valence-electron chi connectivity index (χ3n) is 14.2. The van der Waals surface area contributed by atoms with E-state index < -0.39 is 0 Å². The first-order valence-electron chi connectivity index (χ1n) is 18.2. The SMILES string of the molecule is CC.Cc1ccc2c(c1)CCC1C2=CC[C@@]2(C)C1CC[C@@H]2C.Cc1ccc2c(c1)CCC1C2[C@H](O)C[C@@]2(C)C1CC[C@@H]2C. The fourth-order valence-corrected chi connectivity index (χ4v) is 11.4. The van der Waals surface area contributed by atoms with Crippen molar-refractivity contribution in [1.82, 2.24) is 0 Å². The van der Waals surface area contributed by atoms with Crippen LogP contribution in [0.25, 0.3) is 5.57 Å². The number of hydrogen-bond donors (Lipinski definition) is 1. The van der Waals surface area contributed by atoms with E-state index >= 15 is 0 Å². The molecule has 0 radical (unpaired) electrons. The van der Waals surface area contributed by atoms with Crippen molar-refractivity contribution in [3.8, 4) is 0 Å². The third-order valence-corrected chi connectivity index (χ3v) is 14.2. The summed E-state index contributed by atoms with van der Waals surface area (Å²) in [6, 6.07) is 14.0. The largest absolute Gasteiger partial charge is 0.392 e. The van der Waals surface area contributed by atoms with Gasteiger partial charge in [0.1, 0.15) is 0 Å². The van der Waals surface area contributed by atoms with Crippen molar-refractivity contribution in [2.75, 3.05) is 0 Å². The summed E-state index contributed by atoms with van der Waals surface area (Å²) < 4.78 is 0. The molecular formula is C42H60O. The van der Waals surface area contributed by atoms with Crippen LogP contribution in [0.5, 0.6) is 0 Å². The first-order chi connectivity index (χ1) is 20.6. The van der Waals surface area contributed by atoms with Gasteiger partial charge in [0.15, 0.2) is 0 Å². The Bertz CT molecular complexity index is 1350. The van der Waals surface area contributed by atoms with Crippen molar-refractivity contribution in [3.63, 3.8) is 0 Å². The number of allylic oxidation sites excluding steroid dienone is 2. The Labute approximate surface area is 264 Å². The van der Waals surface area contributed by atoms with Gasteiger partial charge in [0.2, 0.25) is 0 Å². The fourth-order valence-electron chi connectivity index (χ4n) is 11.4. The Morgan fingerprint density at radius 2 is 1.35 bits per heavy atom. The summed E-state index contributed by atoms with van der Waals surface area (Å²) in [5.41, 5.74) is 11.6. The van der Waals surface area contributed by atoms with E-state index in [2.05, 4.69) is 84.0 Å². The van der Waals surface area contributed by atoms with Gasteiger partial charge < -0.3 is 5.11 Å². The van der Waals surface area contributed by atoms with Crippen LogP contribution >= 0.6 is 0 Å². The molecule has 10 atom stereocenters. The minimum absolute atomic E-state index is 0.140. The molecule has 5 unspecified atom stereocenters. The van der Waals surface area contributed by atoms with Crippen LogP contribution in [-0.4, -0.2) is 11.2 Å². The summed E-state index contributed by atoms with van der Waals surface area (Å²) in [5.74, 6) is 5.40. The van der Waals surface area contributed by atoms with E-state index in [1.807, 2.05) is 13.8 Å². The Morgan fingerprint density at radius 1 is 0.721 bits per heavy atom. The van der Waals surface area contributed by atoms with Crippen LogP contribution in [0.1, 0.15) is 132 Å². The molecule has 1 heteroatoms. The van der Waals surface area contributed by atoms with Crippen molar-refractivity contribution < 1.29 is 5.11 Å². The number of hydrogen-bond acceptors (Lipinski definition) is 1. The van der Waals surface area contributed by atoms with Gasteiger partial charge in [-0.3, -0.25) is 0 Å². The minimum atomic E-state index is -0.140. The van der Waals surface area contributed by atoms with E-state index in [0.717, 1.165) is 36.0 Å². The first-order valence-corrected chi connectivity index (χ1v) is 18.2. The van der Waals surface area contributed by atoms with E-state index in [9.17, 15) is 5.11 Å². The highest BCUT2D eigenvalue weighted by Crippen LogP contribution is 2.63. The Hall–Kier alpha value is -1.86. The molecule has 234 valence electrons. The standard InChI is InChI=1S/C20H28O.C20H26.C2H6/c1-12-4-7-15-14(10-12)6-8-16-17-9-5-13(2)20(17,3)11-18(21)19(15)16;1-13-4-7-16-15(12-13)6-8-18-17(16)10-11-20(3)14(2)5-9-19(18)20;1-2/h4,7,10,13,16-19,21H,5-6,8-9,11H2,1-3H3;4,7,10,12,14,18-19H,5-6,8-9,11H2,1-3H3;1-2H3/t13-,16?,17?,18+,19?,20+;14-,18?,19?,20+;/m00./s1. The van der Waals surface area contributed by atoms with Crippen molar-refractivity contribution >= 4 is 5.57 Å². The average molecular weight is 581 g/mol. The van der Waals surface area contributed by atoms with Gasteiger partial charge in [-0.1, -0.05) is 95.1 Å². The molecule has 0 aliphatic heterocycles. The topological polar surface area (TPSA) is 20.2 Å². The van der Waals surface area contributed by atoms with E-state index in [1.54, 1.807) is 16.7 Å². The average Bonchev–Trinajstić information content (AvgIpc) is 3.47. The third kappa shape index (κ3) is 5.09. The van der Waals surface area contributed by atoms with Crippen molar-refractivity contribution in [1.29, 1.82) is 0 Å². The number of aliphatic hydroxyl groups excluding tert-OH is 1. The van der Waals surface area contributed by atoms with E-state index in [0.29, 0.717) is 22.7 Å². The second kappa shape index (κ2) is 11.8. The molecule has 0 saturated heterocycles. The van der Waals surface area contributed by atoms with Gasteiger partial charge in [0, 0.05) is 5.92 Å². The summed E-state index contributed by atoms with van der Waals surface area (Å²) in [7, 11) is 0. The maximum Gasteiger partial charge on any atom is 0.0617 e. The van der Waals surface area contributed by atoms with Crippen molar-refractivity contribution in [2.24, 2.45) is 46.3 Å². The predicted molar refractivity (Wildman–Crippen MR) is 183 cm³/mol. The molecule has 0 amide bonds. The Balaban J connectivity index is 0.000000145. The zero-order chi connectivity index (χ0) is 30.7. The Morgan fingerprint density at radius 3 is 2.09 bits per heavy atom. The lowest BCUT2D eigenvalue weighted by molar-refractivity contribution is -0.0522. The van der Waals surface area contributed by atoms with E-state index in [-0.39, 0.29) is 6.10 Å². The van der Waals surface area contributed by atoms with Crippen LogP contribution in [0.3, 0.4) is 0 Å². The van der Waals surface area contributed by atoms with Gasteiger partial charge in [0.05, 0.1) is 6.10 Å². The molecule has 0 aromatic heterocycles. The van der Waals surface area contributed by atoms with Crippen LogP contribution in [0.2, 0.25) is 0 Å². The summed E-state index contributed by atoms with van der Waals surface area (Å²) in [6.45, 7) is 18.3. The van der Waals surface area contributed by atoms with Crippen molar-refractivity contribution in [2.45, 2.75) is 132 Å². The molecule has 2 aromatic rings. The summed E-state index contributed by atoms with van der Waals surface area (Å²) in [5, 5.41) is 11.0. The summed E-state index contributed by atoms with van der Waals surface area (Å²) in [4.78, 5) is 0. The van der Waals surface area contributed by atoms with Gasteiger partial charge >= 0.3 is 0 Å². The first kappa shape index (κ1) is 31.1. The van der Waals surface area contributed by atoms with Gasteiger partial charge in [-0.2, -0.15) is 0 Å². The molecule has 6 aliphatic carbocycles. The Kier molecular flexibility index (Phi) is 8.56. The lowest BCUT2D eigenvalue weighted by atomic mass is 9.53. The number of aliphatic hydroxyl groups is 1. The highest BCUT2D eigenvalue weighted by molar-refractivity contribution is 5.73. The normalized spacial score (nSPS) is 40.1. The molecule has 0 bridgehead atoms. The lowest BCUT2D eigenvalue weighted by Crippen LogP contribution is -2.48. The maximum atomic E-state index is 11.0. The zero-order valence-electron chi connectivity index (χ0n) is 28.7. The molecular weight excluding hydrogens is 520 g/mol. The second-order valence-electron chi connectivity index (χ2n) is 16.1. The summed E-state index contributed by atoms with van der Waals surface area (Å²) >= 11 is 0. The minimum Gasteiger partial charge on any atom is -0.392 e. The molecule has 2 aromatic carbocycles. The lowest BCUT2D eigenvalue weighted by Gasteiger charge is -2.52. The quantitative estimate of drug-likeness (QED) is 0.329. The molecule has 1 N–H and O–H groups in total. The highest BCUT2D eigenvalue weighted by atomic mass is 16.3. The number of aryl methyl sites for hydroxylation is 4. The molecule has 0 heterocycles. The van der Waals surface area contributed by atoms with Gasteiger partial charge in [-0.15, -0.1) is 0 Å². The monoisotopic (exact) mass is 580 g/mol. The van der Waals surface area contributed by atoms with Crippen LogP contribution in [0.4, 0.5) is 0 Å². The number of rotatable bonds is 0. The van der Waals surface area contributed by atoms with Crippen LogP contribution in [0, 0.1) is 60.2 Å². The maximum absolute atomic E-state index is 11.0. The van der Waals surface area contributed by atoms with Crippen LogP contribution in [-0.2, 0) is 12.8 Å². The van der Waals surface area contributed by atoms with E-state index in [4.69, 9.17) is 0 Å². The van der Waals surface area contributed by atoms with Crippen LogP contribution in [0.15, 0.2) is 42.5 Å². The summed E-state index contributed by atoms with van der Waals surface area (Å²) in [6.07, 6.45) is 15.6. The van der Waals surface area contributed by atoms with Gasteiger partial charge in [-0.05, 0) is 152 Å². The zero-order valence-corrected chi connectivity index (χ0v) is 28.7. The van der Waals surface area contributed by atoms with Gasteiger partial charge in [0.25, 0.3) is 0 Å². The molecule has 0 spiro atoms. The van der Waals surface area contributed by atoms with E-state index in [1.165, 1.54) is 80.0 Å². The fraction of sp³-hybridized carbons (Fsp3) is 0.667. The predicted octanol–water partition coefficient (Wildman–Crippen LogP) is 10.9. The van der Waals surface area contributed by atoms with Crippen LogP contribution < -0.4 is 0 Å². The van der Waals surface area contributed by atoms with Gasteiger partial charge in [-0.25, -0.2) is 0 Å². The highest BCUT2D eigenvalue weighted by Gasteiger charge is 2.56. The molecule has 8 rings (SSSR count).